The Bertz CT molecular complexity index is 431. The summed E-state index contributed by atoms with van der Waals surface area (Å²) in [6.07, 6.45) is 0. The van der Waals surface area contributed by atoms with Crippen molar-refractivity contribution in [3.05, 3.63) is 33.3 Å². The highest BCUT2D eigenvalue weighted by Crippen LogP contribution is 2.23. The summed E-state index contributed by atoms with van der Waals surface area (Å²) in [5.41, 5.74) is 1.22. The molecule has 1 heterocycles. The Morgan fingerprint density at radius 1 is 1.15 bits per heavy atom. The van der Waals surface area contributed by atoms with E-state index in [9.17, 15) is 0 Å². The van der Waals surface area contributed by atoms with Crippen LogP contribution in [0.4, 0.5) is 0 Å². The maximum Gasteiger partial charge on any atom is 0.0462 e. The summed E-state index contributed by atoms with van der Waals surface area (Å²) in [4.78, 5) is 7.27. The number of rotatable bonds is 5. The molecular weight excluding hydrogens is 338 g/mol. The van der Waals surface area contributed by atoms with Gasteiger partial charge in [0.05, 0.1) is 0 Å². The van der Waals surface area contributed by atoms with Crippen molar-refractivity contribution in [1.29, 1.82) is 0 Å². The Labute approximate surface area is 135 Å². The van der Waals surface area contributed by atoms with Crippen molar-refractivity contribution in [3.8, 4) is 0 Å². The minimum Gasteiger partial charge on any atom is -0.308 e. The second kappa shape index (κ2) is 7.76. The van der Waals surface area contributed by atoms with E-state index in [1.54, 1.807) is 0 Å². The molecule has 1 aliphatic heterocycles. The topological polar surface area (TPSA) is 9.72 Å². The first-order valence-corrected chi connectivity index (χ1v) is 8.25. The van der Waals surface area contributed by atoms with Gasteiger partial charge in [-0.3, -0.25) is 9.80 Å². The molecule has 3 nitrogen and oxygen atoms in total. The molecule has 0 aromatic heterocycles. The van der Waals surface area contributed by atoms with Crippen LogP contribution in [0.15, 0.2) is 22.7 Å². The molecule has 0 amide bonds. The molecule has 2 rings (SSSR count). The van der Waals surface area contributed by atoms with Crippen LogP contribution in [-0.4, -0.2) is 68.1 Å². The first kappa shape index (κ1) is 16.2. The molecule has 0 saturated carbocycles. The average molecular weight is 361 g/mol. The largest absolute Gasteiger partial charge is 0.308 e. The minimum absolute atomic E-state index is 0.856. The Hall–Kier alpha value is -0.130. The van der Waals surface area contributed by atoms with E-state index >= 15 is 0 Å². The summed E-state index contributed by atoms with van der Waals surface area (Å²) in [5.74, 6) is 0. The summed E-state index contributed by atoms with van der Waals surface area (Å²) in [6, 6.07) is 6.16. The van der Waals surface area contributed by atoms with Crippen LogP contribution in [0, 0.1) is 0 Å². The molecule has 0 N–H and O–H groups in total. The third-order valence-electron chi connectivity index (χ3n) is 3.74. The van der Waals surface area contributed by atoms with Crippen LogP contribution >= 0.6 is 27.5 Å². The summed E-state index contributed by atoms with van der Waals surface area (Å²) < 4.78 is 1.04. The molecule has 20 heavy (non-hydrogen) atoms. The van der Waals surface area contributed by atoms with E-state index in [0.717, 1.165) is 48.8 Å². The summed E-state index contributed by atoms with van der Waals surface area (Å²) in [7, 11) is 4.26. The van der Waals surface area contributed by atoms with Gasteiger partial charge in [0.25, 0.3) is 0 Å². The predicted octanol–water partition coefficient (Wildman–Crippen LogP) is 2.78. The minimum atomic E-state index is 0.856. The second-order valence-corrected chi connectivity index (χ2v) is 6.98. The lowest BCUT2D eigenvalue weighted by Gasteiger charge is -2.35. The fraction of sp³-hybridized carbons (Fsp3) is 0.600. The first-order chi connectivity index (χ1) is 9.54. The smallest absolute Gasteiger partial charge is 0.0462 e. The molecule has 5 heteroatoms. The van der Waals surface area contributed by atoms with Crippen LogP contribution in [0.2, 0.25) is 5.02 Å². The predicted molar refractivity (Wildman–Crippen MR) is 89.4 cm³/mol. The van der Waals surface area contributed by atoms with Gasteiger partial charge >= 0.3 is 0 Å². The summed E-state index contributed by atoms with van der Waals surface area (Å²) in [5, 5.41) is 0.856. The fourth-order valence-corrected chi connectivity index (χ4v) is 3.14. The molecule has 1 fully saturated rings. The maximum atomic E-state index is 6.29. The van der Waals surface area contributed by atoms with E-state index in [4.69, 9.17) is 11.6 Å². The van der Waals surface area contributed by atoms with Crippen LogP contribution in [0.5, 0.6) is 0 Å². The molecule has 1 aromatic rings. The molecular formula is C15H23BrClN3. The third kappa shape index (κ3) is 5.01. The zero-order valence-electron chi connectivity index (χ0n) is 12.3. The van der Waals surface area contributed by atoms with Crippen LogP contribution < -0.4 is 0 Å². The zero-order valence-corrected chi connectivity index (χ0v) is 14.6. The standard InChI is InChI=1S/C15H23BrClN3/c1-18(2)5-6-19-7-9-20(10-8-19)12-13-3-4-14(16)11-15(13)17/h3-4,11H,5-10,12H2,1-2H3. The number of hydrogen-bond donors (Lipinski definition) is 0. The molecule has 0 unspecified atom stereocenters. The Morgan fingerprint density at radius 2 is 1.80 bits per heavy atom. The number of nitrogens with zero attached hydrogens (tertiary/aromatic N) is 3. The highest BCUT2D eigenvalue weighted by atomic mass is 79.9. The number of piperazine rings is 1. The van der Waals surface area contributed by atoms with Crippen molar-refractivity contribution < 1.29 is 0 Å². The van der Waals surface area contributed by atoms with Gasteiger partial charge < -0.3 is 4.90 Å². The number of benzene rings is 1. The van der Waals surface area contributed by atoms with Crippen molar-refractivity contribution >= 4 is 27.5 Å². The molecule has 0 atom stereocenters. The average Bonchev–Trinajstić information content (AvgIpc) is 2.41. The van der Waals surface area contributed by atoms with Gasteiger partial charge in [0.15, 0.2) is 0 Å². The van der Waals surface area contributed by atoms with Gasteiger partial charge in [0.1, 0.15) is 0 Å². The van der Waals surface area contributed by atoms with E-state index in [2.05, 4.69) is 56.9 Å². The van der Waals surface area contributed by atoms with Crippen LogP contribution in [0.25, 0.3) is 0 Å². The molecule has 0 aliphatic carbocycles. The Morgan fingerprint density at radius 3 is 2.40 bits per heavy atom. The normalized spacial score (nSPS) is 17.9. The second-order valence-electron chi connectivity index (χ2n) is 5.66. The van der Waals surface area contributed by atoms with Crippen molar-refractivity contribution in [1.82, 2.24) is 14.7 Å². The third-order valence-corrected chi connectivity index (χ3v) is 4.58. The highest BCUT2D eigenvalue weighted by Gasteiger charge is 2.17. The van der Waals surface area contributed by atoms with Crippen molar-refractivity contribution in [2.24, 2.45) is 0 Å². The van der Waals surface area contributed by atoms with Gasteiger partial charge in [-0.05, 0) is 31.8 Å². The number of halogens is 2. The van der Waals surface area contributed by atoms with Gasteiger partial charge in [0, 0.05) is 55.3 Å². The van der Waals surface area contributed by atoms with Gasteiger partial charge in [-0.25, -0.2) is 0 Å². The van der Waals surface area contributed by atoms with E-state index in [0.29, 0.717) is 0 Å². The lowest BCUT2D eigenvalue weighted by Crippen LogP contribution is -2.47. The molecule has 1 saturated heterocycles. The van der Waals surface area contributed by atoms with Gasteiger partial charge in [-0.1, -0.05) is 33.6 Å². The van der Waals surface area contributed by atoms with E-state index < -0.39 is 0 Å². The van der Waals surface area contributed by atoms with Gasteiger partial charge in [-0.15, -0.1) is 0 Å². The molecule has 112 valence electrons. The Kier molecular flexibility index (Phi) is 6.30. The molecule has 0 bridgehead atoms. The molecule has 1 aliphatic rings. The lowest BCUT2D eigenvalue weighted by molar-refractivity contribution is 0.120. The first-order valence-electron chi connectivity index (χ1n) is 7.08. The molecule has 0 spiro atoms. The number of likely N-dealkylation sites (N-methyl/N-ethyl adjacent to an activating group) is 1. The monoisotopic (exact) mass is 359 g/mol. The zero-order chi connectivity index (χ0) is 14.5. The van der Waals surface area contributed by atoms with E-state index in [1.165, 1.54) is 12.1 Å². The molecule has 1 aromatic carbocycles. The number of hydrogen-bond acceptors (Lipinski definition) is 3. The summed E-state index contributed by atoms with van der Waals surface area (Å²) in [6.45, 7) is 7.82. The SMILES string of the molecule is CN(C)CCN1CCN(Cc2ccc(Br)cc2Cl)CC1. The maximum absolute atomic E-state index is 6.29. The van der Waals surface area contributed by atoms with E-state index in [-0.39, 0.29) is 0 Å². The van der Waals surface area contributed by atoms with Crippen molar-refractivity contribution in [2.75, 3.05) is 53.4 Å². The highest BCUT2D eigenvalue weighted by molar-refractivity contribution is 9.10. The Balaban J connectivity index is 1.79. The quantitative estimate of drug-likeness (QED) is 0.799. The lowest BCUT2D eigenvalue weighted by atomic mass is 10.2. The van der Waals surface area contributed by atoms with Gasteiger partial charge in [0.2, 0.25) is 0 Å². The van der Waals surface area contributed by atoms with Gasteiger partial charge in [-0.2, -0.15) is 0 Å². The van der Waals surface area contributed by atoms with Crippen LogP contribution in [0.1, 0.15) is 5.56 Å². The molecule has 0 radical (unpaired) electrons. The van der Waals surface area contributed by atoms with Crippen molar-refractivity contribution in [3.63, 3.8) is 0 Å². The summed E-state index contributed by atoms with van der Waals surface area (Å²) >= 11 is 9.74. The van der Waals surface area contributed by atoms with Crippen LogP contribution in [0.3, 0.4) is 0 Å². The van der Waals surface area contributed by atoms with Crippen molar-refractivity contribution in [2.45, 2.75) is 6.54 Å². The fourth-order valence-electron chi connectivity index (χ4n) is 2.40. The van der Waals surface area contributed by atoms with Crippen LogP contribution in [-0.2, 0) is 6.54 Å². The van der Waals surface area contributed by atoms with E-state index in [1.807, 2.05) is 6.07 Å².